The summed E-state index contributed by atoms with van der Waals surface area (Å²) in [7, 11) is 0. The zero-order valence-electron chi connectivity index (χ0n) is 13.8. The molecule has 0 aliphatic rings. The summed E-state index contributed by atoms with van der Waals surface area (Å²) in [6.07, 6.45) is 0.0170. The van der Waals surface area contributed by atoms with Crippen molar-refractivity contribution in [3.63, 3.8) is 0 Å². The van der Waals surface area contributed by atoms with Crippen LogP contribution in [0.25, 0.3) is 0 Å². The molecule has 2 rings (SSSR count). The van der Waals surface area contributed by atoms with Gasteiger partial charge in [0.2, 0.25) is 0 Å². The molecule has 2 aromatic rings. The predicted molar refractivity (Wildman–Crippen MR) is 95.7 cm³/mol. The third-order valence-corrected chi connectivity index (χ3v) is 4.42. The Balaban J connectivity index is 1.81. The number of carboxylic acid groups (broad SMARTS) is 1. The minimum absolute atomic E-state index is 0.0170. The van der Waals surface area contributed by atoms with Gasteiger partial charge in [-0.15, -0.1) is 11.3 Å². The Hall–Kier alpha value is -2.67. The molecule has 1 unspecified atom stereocenters. The van der Waals surface area contributed by atoms with Gasteiger partial charge in [-0.3, -0.25) is 14.4 Å². The first-order valence-electron chi connectivity index (χ1n) is 7.86. The molecule has 1 aromatic heterocycles. The quantitative estimate of drug-likeness (QED) is 0.674. The van der Waals surface area contributed by atoms with Crippen LogP contribution in [0.5, 0.6) is 0 Å². The van der Waals surface area contributed by atoms with Crippen LogP contribution in [0, 0.1) is 5.92 Å². The van der Waals surface area contributed by atoms with Gasteiger partial charge in [-0.25, -0.2) is 0 Å². The molecule has 1 aromatic carbocycles. The van der Waals surface area contributed by atoms with E-state index in [4.69, 9.17) is 5.11 Å². The Morgan fingerprint density at radius 3 is 2.40 bits per heavy atom. The third kappa shape index (κ3) is 6.04. The van der Waals surface area contributed by atoms with Gasteiger partial charge in [0.25, 0.3) is 11.8 Å². The van der Waals surface area contributed by atoms with Crippen molar-refractivity contribution in [2.24, 2.45) is 5.92 Å². The van der Waals surface area contributed by atoms with Crippen LogP contribution in [0.3, 0.4) is 0 Å². The molecular weight excluding hydrogens is 340 g/mol. The van der Waals surface area contributed by atoms with Crippen LogP contribution >= 0.6 is 11.3 Å². The fraction of sp³-hybridized carbons (Fsp3) is 0.278. The maximum Gasteiger partial charge on any atom is 0.303 e. The lowest BCUT2D eigenvalue weighted by atomic mass is 10.1. The Morgan fingerprint density at radius 1 is 1.08 bits per heavy atom. The van der Waals surface area contributed by atoms with Crippen molar-refractivity contribution in [2.75, 3.05) is 6.54 Å². The predicted octanol–water partition coefficient (Wildman–Crippen LogP) is 2.52. The summed E-state index contributed by atoms with van der Waals surface area (Å²) in [6, 6.07) is 10.5. The van der Waals surface area contributed by atoms with Crippen LogP contribution in [0.2, 0.25) is 0 Å². The van der Waals surface area contributed by atoms with Crippen molar-refractivity contribution in [1.29, 1.82) is 0 Å². The highest BCUT2D eigenvalue weighted by Crippen LogP contribution is 2.09. The van der Waals surface area contributed by atoms with E-state index in [1.54, 1.807) is 37.3 Å². The van der Waals surface area contributed by atoms with Crippen molar-refractivity contribution in [1.82, 2.24) is 10.6 Å². The Morgan fingerprint density at radius 2 is 1.80 bits per heavy atom. The van der Waals surface area contributed by atoms with Crippen LogP contribution < -0.4 is 10.6 Å². The molecule has 0 aliphatic carbocycles. The van der Waals surface area contributed by atoms with Crippen LogP contribution in [-0.2, 0) is 11.3 Å². The number of carboxylic acids is 1. The highest BCUT2D eigenvalue weighted by molar-refractivity contribution is 7.12. The molecule has 0 radical (unpaired) electrons. The van der Waals surface area contributed by atoms with Crippen molar-refractivity contribution in [2.45, 2.75) is 19.9 Å². The van der Waals surface area contributed by atoms with Crippen LogP contribution in [-0.4, -0.2) is 29.4 Å². The van der Waals surface area contributed by atoms with Gasteiger partial charge >= 0.3 is 5.97 Å². The lowest BCUT2D eigenvalue weighted by Gasteiger charge is -2.11. The van der Waals surface area contributed by atoms with Gasteiger partial charge in [-0.2, -0.15) is 0 Å². The monoisotopic (exact) mass is 360 g/mol. The molecule has 0 bridgehead atoms. The van der Waals surface area contributed by atoms with Crippen LogP contribution in [0.1, 0.15) is 38.9 Å². The van der Waals surface area contributed by atoms with Gasteiger partial charge in [-0.1, -0.05) is 25.1 Å². The average Bonchev–Trinajstić information content (AvgIpc) is 3.12. The first kappa shape index (κ1) is 18.7. The fourth-order valence-corrected chi connectivity index (χ4v) is 2.83. The number of thiophene rings is 1. The van der Waals surface area contributed by atoms with Crippen molar-refractivity contribution < 1.29 is 19.5 Å². The minimum Gasteiger partial charge on any atom is -0.481 e. The number of rotatable bonds is 8. The Labute approximate surface area is 149 Å². The van der Waals surface area contributed by atoms with E-state index in [2.05, 4.69) is 10.6 Å². The second-order valence-corrected chi connectivity index (χ2v) is 6.72. The second kappa shape index (κ2) is 8.98. The zero-order valence-corrected chi connectivity index (χ0v) is 14.6. The standard InChI is InChI=1S/C18H20N2O4S/c1-12(9-16(21)22)10-19-17(23)14-6-4-13(5-7-14)11-20-18(24)15-3-2-8-25-15/h2-8,12H,9-11H2,1H3,(H,19,23)(H,20,24)(H,21,22). The average molecular weight is 360 g/mol. The van der Waals surface area contributed by atoms with E-state index in [0.29, 0.717) is 23.5 Å². The van der Waals surface area contributed by atoms with E-state index in [9.17, 15) is 14.4 Å². The van der Waals surface area contributed by atoms with E-state index in [-0.39, 0.29) is 24.2 Å². The van der Waals surface area contributed by atoms with E-state index in [0.717, 1.165) is 5.56 Å². The largest absolute Gasteiger partial charge is 0.481 e. The topological polar surface area (TPSA) is 95.5 Å². The van der Waals surface area contributed by atoms with Gasteiger partial charge in [0.05, 0.1) is 4.88 Å². The van der Waals surface area contributed by atoms with Crippen LogP contribution in [0.4, 0.5) is 0 Å². The summed E-state index contributed by atoms with van der Waals surface area (Å²) in [5, 5.41) is 16.1. The molecule has 2 amide bonds. The lowest BCUT2D eigenvalue weighted by molar-refractivity contribution is -0.137. The van der Waals surface area contributed by atoms with Crippen LogP contribution in [0.15, 0.2) is 41.8 Å². The Kier molecular flexibility index (Phi) is 6.71. The molecule has 6 nitrogen and oxygen atoms in total. The van der Waals surface area contributed by atoms with Gasteiger partial charge in [-0.05, 0) is 35.1 Å². The molecular formula is C18H20N2O4S. The van der Waals surface area contributed by atoms with E-state index in [1.807, 2.05) is 11.4 Å². The first-order valence-corrected chi connectivity index (χ1v) is 8.74. The SMILES string of the molecule is CC(CNC(=O)c1ccc(CNC(=O)c2cccs2)cc1)CC(=O)O. The number of amides is 2. The molecule has 1 heterocycles. The molecule has 1 atom stereocenters. The smallest absolute Gasteiger partial charge is 0.303 e. The van der Waals surface area contributed by atoms with Crippen molar-refractivity contribution in [3.05, 3.63) is 57.8 Å². The summed E-state index contributed by atoms with van der Waals surface area (Å²) in [4.78, 5) is 35.2. The number of aliphatic carboxylic acids is 1. The summed E-state index contributed by atoms with van der Waals surface area (Å²) in [5.41, 5.74) is 1.39. The van der Waals surface area contributed by atoms with Gasteiger partial charge in [0.15, 0.2) is 0 Å². The molecule has 7 heteroatoms. The van der Waals surface area contributed by atoms with Crippen molar-refractivity contribution >= 4 is 29.1 Å². The molecule has 0 saturated heterocycles. The molecule has 25 heavy (non-hydrogen) atoms. The molecule has 0 saturated carbocycles. The molecule has 0 spiro atoms. The van der Waals surface area contributed by atoms with Gasteiger partial charge in [0.1, 0.15) is 0 Å². The van der Waals surface area contributed by atoms with Crippen molar-refractivity contribution in [3.8, 4) is 0 Å². The maximum atomic E-state index is 12.0. The molecule has 0 aliphatic heterocycles. The first-order chi connectivity index (χ1) is 12.0. The number of carbonyl (C=O) groups is 3. The number of hydrogen-bond donors (Lipinski definition) is 3. The lowest BCUT2D eigenvalue weighted by Crippen LogP contribution is -2.29. The van der Waals surface area contributed by atoms with Gasteiger partial charge in [0, 0.05) is 25.1 Å². The Bertz CT molecular complexity index is 726. The van der Waals surface area contributed by atoms with E-state index < -0.39 is 5.97 Å². The summed E-state index contributed by atoms with van der Waals surface area (Å²) < 4.78 is 0. The number of nitrogens with one attached hydrogen (secondary N) is 2. The van der Waals surface area contributed by atoms with E-state index >= 15 is 0 Å². The molecule has 132 valence electrons. The molecule has 0 fully saturated rings. The third-order valence-electron chi connectivity index (χ3n) is 3.55. The second-order valence-electron chi connectivity index (χ2n) is 5.77. The zero-order chi connectivity index (χ0) is 18.2. The minimum atomic E-state index is -0.879. The van der Waals surface area contributed by atoms with Gasteiger partial charge < -0.3 is 15.7 Å². The maximum absolute atomic E-state index is 12.0. The number of hydrogen-bond acceptors (Lipinski definition) is 4. The molecule has 3 N–H and O–H groups in total. The summed E-state index contributed by atoms with van der Waals surface area (Å²) in [6.45, 7) is 2.46. The number of benzene rings is 1. The summed E-state index contributed by atoms with van der Waals surface area (Å²) >= 11 is 1.38. The fourth-order valence-electron chi connectivity index (χ4n) is 2.19. The normalized spacial score (nSPS) is 11.6. The number of carbonyl (C=O) groups excluding carboxylic acids is 2. The highest BCUT2D eigenvalue weighted by Gasteiger charge is 2.11. The summed E-state index contributed by atoms with van der Waals surface area (Å²) in [5.74, 6) is -1.38. The van der Waals surface area contributed by atoms with E-state index in [1.165, 1.54) is 11.3 Å². The highest BCUT2D eigenvalue weighted by atomic mass is 32.1.